The largest absolute Gasteiger partial charge is 0.391 e. The number of hydrogen-bond acceptors (Lipinski definition) is 8. The van der Waals surface area contributed by atoms with Crippen LogP contribution < -0.4 is 15.5 Å². The number of nitrogens with zero attached hydrogens (tertiary/aromatic N) is 5. The van der Waals surface area contributed by atoms with Crippen LogP contribution in [0.3, 0.4) is 0 Å². The van der Waals surface area contributed by atoms with Crippen LogP contribution in [0.25, 0.3) is 0 Å². The number of rotatable bonds is 6. The fraction of sp³-hybridized carbons (Fsp3) is 0.435. The summed E-state index contributed by atoms with van der Waals surface area (Å²) in [4.78, 5) is 27.9. The number of nitrogens with one attached hydrogen (secondary N) is 3. The Hall–Kier alpha value is -3.60. The first-order chi connectivity index (χ1) is 16.5. The maximum absolute atomic E-state index is 13.1. The average Bonchev–Trinajstić information content (AvgIpc) is 3.20. The maximum Gasteiger partial charge on any atom is 0.247 e. The van der Waals surface area contributed by atoms with Crippen LogP contribution in [0.4, 0.5) is 27.7 Å². The van der Waals surface area contributed by atoms with E-state index in [4.69, 9.17) is 9.97 Å². The van der Waals surface area contributed by atoms with E-state index in [9.17, 15) is 14.3 Å². The van der Waals surface area contributed by atoms with Gasteiger partial charge in [-0.25, -0.2) is 9.97 Å². The number of fused-ring (bicyclic) bond motifs is 1. The van der Waals surface area contributed by atoms with E-state index in [1.165, 1.54) is 31.2 Å². The molecule has 1 amide bonds. The number of aliphatic hydroxyl groups excluding tert-OH is 1. The number of carbonyl (C=O) groups is 1. The Labute approximate surface area is 195 Å². The van der Waals surface area contributed by atoms with Crippen molar-refractivity contribution in [2.45, 2.75) is 56.6 Å². The maximum atomic E-state index is 13.1. The molecule has 2 unspecified atom stereocenters. The van der Waals surface area contributed by atoms with Crippen molar-refractivity contribution < 1.29 is 14.3 Å². The van der Waals surface area contributed by atoms with Gasteiger partial charge in [0.1, 0.15) is 11.9 Å². The zero-order valence-corrected chi connectivity index (χ0v) is 18.5. The van der Waals surface area contributed by atoms with E-state index in [0.29, 0.717) is 29.2 Å². The van der Waals surface area contributed by atoms with Gasteiger partial charge in [-0.15, -0.1) is 0 Å². The molecular formula is C23H25FN8O2. The zero-order chi connectivity index (χ0) is 23.2. The number of amides is 1. The van der Waals surface area contributed by atoms with E-state index in [1.807, 2.05) is 6.07 Å². The third kappa shape index (κ3) is 4.07. The molecule has 6 rings (SSSR count). The van der Waals surface area contributed by atoms with Crippen molar-refractivity contribution in [2.24, 2.45) is 0 Å². The number of aliphatic hydroxyl groups is 1. The minimum absolute atomic E-state index is 0.242. The molecule has 0 spiro atoms. The van der Waals surface area contributed by atoms with E-state index >= 15 is 0 Å². The van der Waals surface area contributed by atoms with Gasteiger partial charge >= 0.3 is 0 Å². The first-order valence-electron chi connectivity index (χ1n) is 11.6. The van der Waals surface area contributed by atoms with Gasteiger partial charge in [-0.05, 0) is 44.2 Å². The number of aromatic amines is 1. The molecule has 3 aromatic rings. The summed E-state index contributed by atoms with van der Waals surface area (Å²) in [6, 6.07) is 3.98. The van der Waals surface area contributed by atoms with Crippen LogP contribution in [0, 0.1) is 5.95 Å². The molecule has 0 bridgehead atoms. The van der Waals surface area contributed by atoms with Gasteiger partial charge in [-0.3, -0.25) is 9.89 Å². The molecule has 0 radical (unpaired) electrons. The highest BCUT2D eigenvalue weighted by atomic mass is 19.1. The molecule has 0 aromatic carbocycles. The van der Waals surface area contributed by atoms with Crippen LogP contribution in [0.15, 0.2) is 24.4 Å². The van der Waals surface area contributed by atoms with Crippen molar-refractivity contribution in [3.05, 3.63) is 47.3 Å². The van der Waals surface area contributed by atoms with E-state index < -0.39 is 18.1 Å². The van der Waals surface area contributed by atoms with E-state index in [1.54, 1.807) is 4.90 Å². The van der Waals surface area contributed by atoms with Crippen LogP contribution in [0.2, 0.25) is 0 Å². The number of β-amino-alcohol motifs (C(OH)–C–C–N with tert-alkyl or cyclic N) is 1. The molecule has 2 fully saturated rings. The fourth-order valence-corrected chi connectivity index (χ4v) is 4.74. The second-order valence-electron chi connectivity index (χ2n) is 9.18. The van der Waals surface area contributed by atoms with Gasteiger partial charge in [0, 0.05) is 36.2 Å². The first-order valence-corrected chi connectivity index (χ1v) is 11.6. The molecule has 3 aliphatic rings. The lowest BCUT2D eigenvalue weighted by molar-refractivity contribution is -0.117. The van der Waals surface area contributed by atoms with Crippen molar-refractivity contribution in [1.82, 2.24) is 25.1 Å². The Morgan fingerprint density at radius 1 is 1.24 bits per heavy atom. The molecule has 11 heteroatoms. The molecule has 2 atom stereocenters. The van der Waals surface area contributed by atoms with Crippen LogP contribution in [0.5, 0.6) is 0 Å². The zero-order valence-electron chi connectivity index (χ0n) is 18.5. The van der Waals surface area contributed by atoms with Crippen LogP contribution in [-0.4, -0.2) is 54.9 Å². The molecule has 2 aliphatic carbocycles. The number of halogens is 1. The summed E-state index contributed by atoms with van der Waals surface area (Å²) in [5.41, 5.74) is 3.53. The minimum Gasteiger partial charge on any atom is -0.391 e. The van der Waals surface area contributed by atoms with E-state index in [2.05, 4.69) is 25.8 Å². The van der Waals surface area contributed by atoms with Crippen LogP contribution in [-0.2, 0) is 17.6 Å². The Morgan fingerprint density at radius 3 is 2.91 bits per heavy atom. The lowest BCUT2D eigenvalue weighted by Gasteiger charge is -2.25. The number of aryl methyl sites for hydroxylation is 1. The van der Waals surface area contributed by atoms with Crippen molar-refractivity contribution >= 4 is 29.2 Å². The Bertz CT molecular complexity index is 1230. The molecule has 1 saturated heterocycles. The van der Waals surface area contributed by atoms with Crippen LogP contribution >= 0.6 is 0 Å². The van der Waals surface area contributed by atoms with Crippen molar-refractivity contribution in [1.29, 1.82) is 0 Å². The summed E-state index contributed by atoms with van der Waals surface area (Å²) >= 11 is 0. The summed E-state index contributed by atoms with van der Waals surface area (Å²) in [5, 5.41) is 24.0. The number of aromatic nitrogens is 5. The fourth-order valence-electron chi connectivity index (χ4n) is 4.74. The number of pyridine rings is 1. The average molecular weight is 465 g/mol. The third-order valence-electron chi connectivity index (χ3n) is 6.62. The SMILES string of the molecule is O=C(Nc1ccc(F)nc1)C1CC(O)CN1c1nc2c(c(Nc3cc(C4CC4)[nH]n3)n1)CCC2. The molecular weight excluding hydrogens is 439 g/mol. The predicted octanol–water partition coefficient (Wildman–Crippen LogP) is 2.42. The van der Waals surface area contributed by atoms with E-state index in [0.717, 1.165) is 36.2 Å². The highest BCUT2D eigenvalue weighted by Crippen LogP contribution is 2.40. The monoisotopic (exact) mass is 464 g/mol. The summed E-state index contributed by atoms with van der Waals surface area (Å²) < 4.78 is 13.1. The second kappa shape index (κ2) is 8.32. The lowest BCUT2D eigenvalue weighted by atomic mass is 10.2. The lowest BCUT2D eigenvalue weighted by Crippen LogP contribution is -2.40. The molecule has 4 heterocycles. The van der Waals surface area contributed by atoms with Gasteiger partial charge in [0.25, 0.3) is 0 Å². The highest BCUT2D eigenvalue weighted by molar-refractivity contribution is 5.97. The topological polar surface area (TPSA) is 132 Å². The summed E-state index contributed by atoms with van der Waals surface area (Å²) in [6.07, 6.45) is 5.88. The number of H-pyrrole nitrogens is 1. The Kier molecular flexibility index (Phi) is 5.13. The minimum atomic E-state index is -0.692. The number of anilines is 4. The van der Waals surface area contributed by atoms with Crippen LogP contribution in [0.1, 0.15) is 48.6 Å². The van der Waals surface area contributed by atoms with Crippen molar-refractivity contribution in [2.75, 3.05) is 22.1 Å². The molecule has 34 heavy (non-hydrogen) atoms. The smallest absolute Gasteiger partial charge is 0.247 e. The van der Waals surface area contributed by atoms with Crippen molar-refractivity contribution in [3.8, 4) is 0 Å². The van der Waals surface area contributed by atoms with Gasteiger partial charge in [0.2, 0.25) is 17.8 Å². The summed E-state index contributed by atoms with van der Waals surface area (Å²) in [6.45, 7) is 0.242. The first kappa shape index (κ1) is 21.0. The van der Waals surface area contributed by atoms with E-state index in [-0.39, 0.29) is 18.9 Å². The summed E-state index contributed by atoms with van der Waals surface area (Å²) in [7, 11) is 0. The molecule has 3 aromatic heterocycles. The highest BCUT2D eigenvalue weighted by Gasteiger charge is 2.38. The van der Waals surface area contributed by atoms with Gasteiger partial charge in [-0.1, -0.05) is 0 Å². The molecule has 4 N–H and O–H groups in total. The third-order valence-corrected chi connectivity index (χ3v) is 6.62. The van der Waals surface area contributed by atoms with Gasteiger partial charge in [-0.2, -0.15) is 14.5 Å². The van der Waals surface area contributed by atoms with Gasteiger partial charge in [0.05, 0.1) is 23.7 Å². The normalized spacial score (nSPS) is 21.5. The quantitative estimate of drug-likeness (QED) is 0.409. The standard InChI is InChI=1S/C23H25FN8O2/c24-19-7-6-13(10-25-19)26-22(34)18-8-14(33)11-32(18)23-27-16-3-1-2-15(16)21(29-23)28-20-9-17(30-31-20)12-4-5-12/h6-7,9-10,12,14,18,33H,1-5,8,11H2,(H,26,34)(H2,27,28,29,30,31). The van der Waals surface area contributed by atoms with Gasteiger partial charge in [0.15, 0.2) is 5.82 Å². The van der Waals surface area contributed by atoms with Crippen molar-refractivity contribution in [3.63, 3.8) is 0 Å². The number of hydrogen-bond donors (Lipinski definition) is 4. The number of carbonyl (C=O) groups excluding carboxylic acids is 1. The predicted molar refractivity (Wildman–Crippen MR) is 122 cm³/mol. The molecule has 1 aliphatic heterocycles. The molecule has 176 valence electrons. The molecule has 1 saturated carbocycles. The Morgan fingerprint density at radius 2 is 2.12 bits per heavy atom. The Balaban J connectivity index is 1.27. The summed E-state index contributed by atoms with van der Waals surface area (Å²) in [5.74, 6) is 1.41. The molecule has 10 nitrogen and oxygen atoms in total. The van der Waals surface area contributed by atoms with Gasteiger partial charge < -0.3 is 20.6 Å². The second-order valence-corrected chi connectivity index (χ2v) is 9.18.